The molecule has 1 aromatic rings. The summed E-state index contributed by atoms with van der Waals surface area (Å²) in [5.41, 5.74) is 0. The largest absolute Gasteiger partial charge is 0.481 e. The maximum Gasteiger partial charge on any atom is 0.243 e. The average molecular weight is 355 g/mol. The smallest absolute Gasteiger partial charge is 0.243 e. The molecule has 0 aliphatic rings. The Morgan fingerprint density at radius 1 is 1.35 bits per heavy atom. The average Bonchev–Trinajstić information content (AvgIpc) is 2.52. The van der Waals surface area contributed by atoms with E-state index in [1.807, 2.05) is 0 Å². The van der Waals surface area contributed by atoms with Crippen molar-refractivity contribution >= 4 is 26.9 Å². The Morgan fingerprint density at radius 2 is 1.96 bits per heavy atom. The third-order valence-corrected chi connectivity index (χ3v) is 6.18. The van der Waals surface area contributed by atoms with Crippen LogP contribution in [-0.4, -0.2) is 43.3 Å². The number of hydrogen-bond acceptors (Lipinski definition) is 5. The highest BCUT2D eigenvalue weighted by Crippen LogP contribution is 2.21. The predicted molar refractivity (Wildman–Crippen MR) is 92.9 cm³/mol. The van der Waals surface area contributed by atoms with Crippen molar-refractivity contribution in [1.29, 1.82) is 0 Å². The Morgan fingerprint density at radius 3 is 2.48 bits per heavy atom. The molecule has 0 aliphatic carbocycles. The Bertz CT molecular complexity index is 687. The van der Waals surface area contributed by atoms with E-state index in [0.29, 0.717) is 11.5 Å². The summed E-state index contributed by atoms with van der Waals surface area (Å²) in [6.45, 7) is 5.23. The molecule has 0 unspecified atom stereocenters. The fourth-order valence-corrected chi connectivity index (χ4v) is 3.80. The SMILES string of the molecule is CC#CCOc1ccc(S(=O)(=O)N(C)[C@@H](C)CSC(C)=O)cc1. The minimum Gasteiger partial charge on any atom is -0.481 e. The van der Waals surface area contributed by atoms with Crippen LogP contribution in [0.25, 0.3) is 0 Å². The molecule has 0 aromatic heterocycles. The second-order valence-electron chi connectivity index (χ2n) is 4.86. The molecule has 1 atom stereocenters. The van der Waals surface area contributed by atoms with Gasteiger partial charge in [-0.25, -0.2) is 8.42 Å². The summed E-state index contributed by atoms with van der Waals surface area (Å²) in [7, 11) is -2.09. The molecule has 0 radical (unpaired) electrons. The van der Waals surface area contributed by atoms with E-state index >= 15 is 0 Å². The molecule has 1 aromatic carbocycles. The zero-order valence-corrected chi connectivity index (χ0v) is 15.3. The van der Waals surface area contributed by atoms with Crippen molar-refractivity contribution in [3.8, 4) is 17.6 Å². The van der Waals surface area contributed by atoms with Gasteiger partial charge < -0.3 is 4.74 Å². The first-order valence-electron chi connectivity index (χ1n) is 7.03. The molecule has 0 N–H and O–H groups in total. The van der Waals surface area contributed by atoms with Crippen LogP contribution in [0.1, 0.15) is 20.8 Å². The maximum absolute atomic E-state index is 12.6. The summed E-state index contributed by atoms with van der Waals surface area (Å²) < 4.78 is 31.8. The highest BCUT2D eigenvalue weighted by atomic mass is 32.2. The van der Waals surface area contributed by atoms with E-state index in [1.54, 1.807) is 26.0 Å². The molecule has 23 heavy (non-hydrogen) atoms. The topological polar surface area (TPSA) is 63.7 Å². The van der Waals surface area contributed by atoms with Crippen molar-refractivity contribution in [3.63, 3.8) is 0 Å². The third kappa shape index (κ3) is 5.90. The molecule has 5 nitrogen and oxygen atoms in total. The predicted octanol–water partition coefficient (Wildman–Crippen LogP) is 2.38. The lowest BCUT2D eigenvalue weighted by Gasteiger charge is -2.23. The fourth-order valence-electron chi connectivity index (χ4n) is 1.65. The lowest BCUT2D eigenvalue weighted by Crippen LogP contribution is -2.36. The van der Waals surface area contributed by atoms with Crippen LogP contribution in [0.4, 0.5) is 0 Å². The van der Waals surface area contributed by atoms with Crippen LogP contribution >= 0.6 is 11.8 Å². The zero-order chi connectivity index (χ0) is 17.5. The number of hydrogen-bond donors (Lipinski definition) is 0. The number of thioether (sulfide) groups is 1. The second-order valence-corrected chi connectivity index (χ2v) is 8.05. The number of carbonyl (C=O) groups excluding carboxylic acids is 1. The van der Waals surface area contributed by atoms with Crippen molar-refractivity contribution < 1.29 is 17.9 Å². The lowest BCUT2D eigenvalue weighted by atomic mass is 10.3. The van der Waals surface area contributed by atoms with Gasteiger partial charge in [0, 0.05) is 25.8 Å². The molecule has 7 heteroatoms. The molecule has 0 saturated heterocycles. The molecule has 0 amide bonds. The zero-order valence-electron chi connectivity index (χ0n) is 13.7. The second kappa shape index (κ2) is 8.96. The fraction of sp³-hybridized carbons (Fsp3) is 0.438. The van der Waals surface area contributed by atoms with Crippen LogP contribution in [0.2, 0.25) is 0 Å². The van der Waals surface area contributed by atoms with Gasteiger partial charge in [0.15, 0.2) is 5.12 Å². The first-order valence-corrected chi connectivity index (χ1v) is 9.45. The summed E-state index contributed by atoms with van der Waals surface area (Å²) in [5.74, 6) is 6.47. The van der Waals surface area contributed by atoms with Gasteiger partial charge in [-0.05, 0) is 38.1 Å². The van der Waals surface area contributed by atoms with Crippen molar-refractivity contribution in [2.45, 2.75) is 31.7 Å². The van der Waals surface area contributed by atoms with E-state index in [0.717, 1.165) is 11.8 Å². The standard InChI is InChI=1S/C16H21NO4S2/c1-5-6-11-21-15-7-9-16(10-8-15)23(19,20)17(4)13(2)12-22-14(3)18/h7-10,13H,11-12H2,1-4H3/t13-/m0/s1. The van der Waals surface area contributed by atoms with E-state index in [9.17, 15) is 13.2 Å². The highest BCUT2D eigenvalue weighted by molar-refractivity contribution is 8.13. The van der Waals surface area contributed by atoms with Crippen LogP contribution in [0.3, 0.4) is 0 Å². The minimum absolute atomic E-state index is 0.0284. The van der Waals surface area contributed by atoms with Gasteiger partial charge in [-0.3, -0.25) is 4.79 Å². The van der Waals surface area contributed by atoms with Gasteiger partial charge in [-0.2, -0.15) is 4.31 Å². The quantitative estimate of drug-likeness (QED) is 0.703. The Balaban J connectivity index is 2.81. The van der Waals surface area contributed by atoms with Gasteiger partial charge in [-0.15, -0.1) is 5.92 Å². The van der Waals surface area contributed by atoms with E-state index in [-0.39, 0.29) is 22.7 Å². The molecule has 126 valence electrons. The normalized spacial score (nSPS) is 12.4. The van der Waals surface area contributed by atoms with Crippen molar-refractivity contribution in [3.05, 3.63) is 24.3 Å². The van der Waals surface area contributed by atoms with E-state index in [4.69, 9.17) is 4.74 Å². The van der Waals surface area contributed by atoms with Crippen LogP contribution in [0.5, 0.6) is 5.75 Å². The number of benzene rings is 1. The summed E-state index contributed by atoms with van der Waals surface area (Å²) in [5, 5.41) is -0.0284. The molecule has 0 saturated carbocycles. The Kier molecular flexibility index (Phi) is 7.62. The monoisotopic (exact) mass is 355 g/mol. The summed E-state index contributed by atoms with van der Waals surface area (Å²) in [6.07, 6.45) is 0. The molecular weight excluding hydrogens is 334 g/mol. The van der Waals surface area contributed by atoms with Crippen molar-refractivity contribution in [2.24, 2.45) is 0 Å². The molecule has 0 fully saturated rings. The van der Waals surface area contributed by atoms with Gasteiger partial charge in [0.1, 0.15) is 12.4 Å². The van der Waals surface area contributed by atoms with Crippen LogP contribution in [-0.2, 0) is 14.8 Å². The summed E-state index contributed by atoms with van der Waals surface area (Å²) in [4.78, 5) is 11.2. The number of carbonyl (C=O) groups is 1. The molecule has 0 heterocycles. The van der Waals surface area contributed by atoms with E-state index in [2.05, 4.69) is 11.8 Å². The molecule has 0 aliphatic heterocycles. The summed E-state index contributed by atoms with van der Waals surface area (Å²) >= 11 is 1.11. The number of nitrogens with zero attached hydrogens (tertiary/aromatic N) is 1. The third-order valence-electron chi connectivity index (χ3n) is 3.14. The van der Waals surface area contributed by atoms with E-state index in [1.165, 1.54) is 30.4 Å². The maximum atomic E-state index is 12.6. The van der Waals surface area contributed by atoms with Crippen molar-refractivity contribution in [1.82, 2.24) is 4.31 Å². The molecular formula is C16H21NO4S2. The first-order chi connectivity index (χ1) is 10.8. The molecule has 1 rings (SSSR count). The Hall–Kier alpha value is -1.49. The first kappa shape index (κ1) is 19.6. The van der Waals surface area contributed by atoms with Crippen LogP contribution in [0, 0.1) is 11.8 Å². The number of ether oxygens (including phenoxy) is 1. The Labute approximate surface area is 142 Å². The van der Waals surface area contributed by atoms with Gasteiger partial charge in [0.05, 0.1) is 4.90 Å². The number of rotatable bonds is 7. The highest BCUT2D eigenvalue weighted by Gasteiger charge is 2.25. The van der Waals surface area contributed by atoms with Crippen LogP contribution in [0.15, 0.2) is 29.2 Å². The number of sulfonamides is 1. The van der Waals surface area contributed by atoms with Gasteiger partial charge in [0.2, 0.25) is 10.0 Å². The lowest BCUT2D eigenvalue weighted by molar-refractivity contribution is -0.109. The van der Waals surface area contributed by atoms with Gasteiger partial charge >= 0.3 is 0 Å². The van der Waals surface area contributed by atoms with E-state index < -0.39 is 10.0 Å². The summed E-state index contributed by atoms with van der Waals surface area (Å²) in [6, 6.07) is 5.93. The van der Waals surface area contributed by atoms with Crippen molar-refractivity contribution in [2.75, 3.05) is 19.4 Å². The van der Waals surface area contributed by atoms with Gasteiger partial charge in [-0.1, -0.05) is 17.7 Å². The minimum atomic E-state index is -3.60. The van der Waals surface area contributed by atoms with Gasteiger partial charge in [0.25, 0.3) is 0 Å². The molecule has 0 spiro atoms. The van der Waals surface area contributed by atoms with Crippen LogP contribution < -0.4 is 4.74 Å². The molecule has 0 bridgehead atoms.